The van der Waals surface area contributed by atoms with Gasteiger partial charge in [-0.15, -0.1) is 11.3 Å². The molecule has 2 aromatic rings. The molecule has 1 aliphatic carbocycles. The van der Waals surface area contributed by atoms with Crippen LogP contribution in [-0.4, -0.2) is 34.2 Å². The molecule has 2 heterocycles. The van der Waals surface area contributed by atoms with E-state index in [4.69, 9.17) is 0 Å². The predicted molar refractivity (Wildman–Crippen MR) is 112 cm³/mol. The molecule has 2 aliphatic rings. The van der Waals surface area contributed by atoms with Crippen molar-refractivity contribution < 1.29 is 14.4 Å². The fraction of sp³-hybridized carbons (Fsp3) is 0.364. The second kappa shape index (κ2) is 8.29. The summed E-state index contributed by atoms with van der Waals surface area (Å²) in [7, 11) is 0. The SMILES string of the molecule is CCCc1ccc(-c2csc(NC(=O)CN3C(=O)C4CC=CCC4C3=O)n2)cc1. The van der Waals surface area contributed by atoms with E-state index in [1.165, 1.54) is 16.9 Å². The highest BCUT2D eigenvalue weighted by molar-refractivity contribution is 7.14. The Morgan fingerprint density at radius 2 is 1.79 bits per heavy atom. The summed E-state index contributed by atoms with van der Waals surface area (Å²) in [6.07, 6.45) is 7.15. The van der Waals surface area contributed by atoms with Gasteiger partial charge in [0.05, 0.1) is 17.5 Å². The van der Waals surface area contributed by atoms with E-state index in [1.54, 1.807) is 0 Å². The van der Waals surface area contributed by atoms with Crippen LogP contribution >= 0.6 is 11.3 Å². The third-order valence-corrected chi connectivity index (χ3v) is 6.20. The summed E-state index contributed by atoms with van der Waals surface area (Å²) in [6.45, 7) is 1.89. The number of aryl methyl sites for hydroxylation is 1. The number of benzene rings is 1. The molecule has 4 rings (SSSR count). The maximum absolute atomic E-state index is 12.5. The standard InChI is InChI=1S/C22H23N3O3S/c1-2-5-14-8-10-15(11-9-14)18-13-29-22(23-18)24-19(26)12-25-20(27)16-6-3-4-7-17(16)21(25)28/h3-4,8-11,13,16-17H,2,5-7,12H2,1H3,(H,23,24,26). The molecule has 3 amide bonds. The minimum Gasteiger partial charge on any atom is -0.300 e. The van der Waals surface area contributed by atoms with E-state index >= 15 is 0 Å². The van der Waals surface area contributed by atoms with Crippen molar-refractivity contribution in [3.05, 3.63) is 47.4 Å². The van der Waals surface area contributed by atoms with Crippen LogP contribution in [0.2, 0.25) is 0 Å². The summed E-state index contributed by atoms with van der Waals surface area (Å²) in [5, 5.41) is 5.06. The van der Waals surface area contributed by atoms with E-state index in [9.17, 15) is 14.4 Å². The number of thiazole rings is 1. The lowest BCUT2D eigenvalue weighted by atomic mass is 9.85. The van der Waals surface area contributed by atoms with Gasteiger partial charge in [0.1, 0.15) is 6.54 Å². The first kappa shape index (κ1) is 19.5. The van der Waals surface area contributed by atoms with Crippen molar-refractivity contribution in [1.29, 1.82) is 0 Å². The highest BCUT2D eigenvalue weighted by atomic mass is 32.1. The van der Waals surface area contributed by atoms with Crippen LogP contribution in [-0.2, 0) is 20.8 Å². The Morgan fingerprint density at radius 1 is 1.14 bits per heavy atom. The molecule has 1 N–H and O–H groups in total. The first-order valence-corrected chi connectivity index (χ1v) is 10.8. The fourth-order valence-electron chi connectivity index (χ4n) is 3.92. The Hall–Kier alpha value is -2.80. The van der Waals surface area contributed by atoms with Gasteiger partial charge in [-0.1, -0.05) is 49.8 Å². The summed E-state index contributed by atoms with van der Waals surface area (Å²) < 4.78 is 0. The first-order valence-electron chi connectivity index (χ1n) is 9.91. The predicted octanol–water partition coefficient (Wildman–Crippen LogP) is 3.65. The summed E-state index contributed by atoms with van der Waals surface area (Å²) in [4.78, 5) is 42.9. The average molecular weight is 410 g/mol. The lowest BCUT2D eigenvalue weighted by molar-refractivity contribution is -0.142. The van der Waals surface area contributed by atoms with Crippen LogP contribution in [0, 0.1) is 11.8 Å². The molecular weight excluding hydrogens is 386 g/mol. The molecule has 0 radical (unpaired) electrons. The maximum atomic E-state index is 12.5. The molecular formula is C22H23N3O3S. The number of anilines is 1. The quantitative estimate of drug-likeness (QED) is 0.583. The van der Waals surface area contributed by atoms with Crippen molar-refractivity contribution in [2.75, 3.05) is 11.9 Å². The Morgan fingerprint density at radius 3 is 2.41 bits per heavy atom. The van der Waals surface area contributed by atoms with Gasteiger partial charge >= 0.3 is 0 Å². The Balaban J connectivity index is 1.38. The van der Waals surface area contributed by atoms with Gasteiger partial charge in [0, 0.05) is 10.9 Å². The van der Waals surface area contributed by atoms with E-state index in [0.29, 0.717) is 18.0 Å². The third kappa shape index (κ3) is 4.00. The number of nitrogens with one attached hydrogen (secondary N) is 1. The van der Waals surface area contributed by atoms with Crippen LogP contribution in [0.15, 0.2) is 41.8 Å². The van der Waals surface area contributed by atoms with Gasteiger partial charge < -0.3 is 5.32 Å². The summed E-state index contributed by atoms with van der Waals surface area (Å²) in [5.74, 6) is -1.53. The van der Waals surface area contributed by atoms with Crippen LogP contribution in [0.25, 0.3) is 11.3 Å². The normalized spacial score (nSPS) is 20.8. The molecule has 150 valence electrons. The van der Waals surface area contributed by atoms with Crippen molar-refractivity contribution in [1.82, 2.24) is 9.88 Å². The Labute approximate surface area is 173 Å². The zero-order valence-corrected chi connectivity index (χ0v) is 17.1. The summed E-state index contributed by atoms with van der Waals surface area (Å²) in [5.41, 5.74) is 3.07. The monoisotopic (exact) mass is 409 g/mol. The number of allylic oxidation sites excluding steroid dienone is 2. The zero-order valence-electron chi connectivity index (χ0n) is 16.3. The van der Waals surface area contributed by atoms with Crippen LogP contribution in [0.5, 0.6) is 0 Å². The van der Waals surface area contributed by atoms with Crippen molar-refractivity contribution in [3.8, 4) is 11.3 Å². The molecule has 2 atom stereocenters. The second-order valence-electron chi connectivity index (χ2n) is 7.45. The van der Waals surface area contributed by atoms with Gasteiger partial charge in [-0.3, -0.25) is 19.3 Å². The average Bonchev–Trinajstić information content (AvgIpc) is 3.28. The van der Waals surface area contributed by atoms with Crippen molar-refractivity contribution >= 4 is 34.2 Å². The van der Waals surface area contributed by atoms with Crippen molar-refractivity contribution in [3.63, 3.8) is 0 Å². The van der Waals surface area contributed by atoms with Gasteiger partial charge in [0.25, 0.3) is 0 Å². The lowest BCUT2D eigenvalue weighted by Gasteiger charge is -2.14. The fourth-order valence-corrected chi connectivity index (χ4v) is 4.66. The number of hydrogen-bond donors (Lipinski definition) is 1. The number of nitrogens with zero attached hydrogens (tertiary/aromatic N) is 2. The maximum Gasteiger partial charge on any atom is 0.246 e. The van der Waals surface area contributed by atoms with Crippen molar-refractivity contribution in [2.24, 2.45) is 11.8 Å². The molecule has 2 unspecified atom stereocenters. The van der Waals surface area contributed by atoms with E-state index in [-0.39, 0.29) is 30.2 Å². The third-order valence-electron chi connectivity index (χ3n) is 5.44. The van der Waals surface area contributed by atoms with Crippen LogP contribution in [0.4, 0.5) is 5.13 Å². The Bertz CT molecular complexity index is 938. The number of imide groups is 1. The van der Waals surface area contributed by atoms with Crippen LogP contribution in [0.3, 0.4) is 0 Å². The molecule has 29 heavy (non-hydrogen) atoms. The molecule has 1 saturated heterocycles. The highest BCUT2D eigenvalue weighted by Crippen LogP contribution is 2.35. The number of aromatic nitrogens is 1. The molecule has 0 bridgehead atoms. The second-order valence-corrected chi connectivity index (χ2v) is 8.31. The number of likely N-dealkylation sites (tertiary alicyclic amines) is 1. The van der Waals surface area contributed by atoms with E-state index in [2.05, 4.69) is 29.4 Å². The minimum atomic E-state index is -0.405. The summed E-state index contributed by atoms with van der Waals surface area (Å²) in [6, 6.07) is 8.25. The highest BCUT2D eigenvalue weighted by Gasteiger charge is 2.47. The summed E-state index contributed by atoms with van der Waals surface area (Å²) >= 11 is 1.33. The van der Waals surface area contributed by atoms with Gasteiger partial charge in [-0.2, -0.15) is 0 Å². The van der Waals surface area contributed by atoms with Gasteiger partial charge in [0.15, 0.2) is 5.13 Å². The number of carbonyl (C=O) groups excluding carboxylic acids is 3. The largest absolute Gasteiger partial charge is 0.300 e. The molecule has 1 fully saturated rings. The van der Waals surface area contributed by atoms with E-state index in [0.717, 1.165) is 29.0 Å². The van der Waals surface area contributed by atoms with Crippen LogP contribution < -0.4 is 5.32 Å². The Kier molecular flexibility index (Phi) is 5.58. The molecule has 1 aromatic heterocycles. The number of fused-ring (bicyclic) bond motifs is 1. The number of carbonyl (C=O) groups is 3. The molecule has 0 saturated carbocycles. The van der Waals surface area contributed by atoms with Crippen molar-refractivity contribution in [2.45, 2.75) is 32.6 Å². The molecule has 7 heteroatoms. The van der Waals surface area contributed by atoms with Crippen LogP contribution in [0.1, 0.15) is 31.7 Å². The topological polar surface area (TPSA) is 79.4 Å². The van der Waals surface area contributed by atoms with Gasteiger partial charge in [0.2, 0.25) is 17.7 Å². The number of rotatable bonds is 6. The van der Waals surface area contributed by atoms with Gasteiger partial charge in [-0.25, -0.2) is 4.98 Å². The van der Waals surface area contributed by atoms with E-state index < -0.39 is 5.91 Å². The number of hydrogen-bond acceptors (Lipinski definition) is 5. The molecule has 1 aromatic carbocycles. The molecule has 0 spiro atoms. The number of amides is 3. The molecule has 6 nitrogen and oxygen atoms in total. The minimum absolute atomic E-state index is 0.244. The van der Waals surface area contributed by atoms with Gasteiger partial charge in [-0.05, 0) is 24.8 Å². The van der Waals surface area contributed by atoms with E-state index in [1.807, 2.05) is 29.7 Å². The zero-order chi connectivity index (χ0) is 20.4. The first-order chi connectivity index (χ1) is 14.1. The molecule has 1 aliphatic heterocycles. The smallest absolute Gasteiger partial charge is 0.246 e. The lowest BCUT2D eigenvalue weighted by Crippen LogP contribution is -2.38.